The van der Waals surface area contributed by atoms with Gasteiger partial charge in [-0.15, -0.1) is 0 Å². The number of piperidine rings is 1. The van der Waals surface area contributed by atoms with Crippen molar-refractivity contribution in [1.82, 2.24) is 20.2 Å². The number of hydrogen-bond donors (Lipinski definition) is 3. The van der Waals surface area contributed by atoms with E-state index in [4.69, 9.17) is 0 Å². The Kier molecular flexibility index (Phi) is 5.18. The molecule has 33 heavy (non-hydrogen) atoms. The first kappa shape index (κ1) is 20.9. The smallest absolute Gasteiger partial charge is 0.354 e. The zero-order valence-corrected chi connectivity index (χ0v) is 17.8. The van der Waals surface area contributed by atoms with Crippen LogP contribution in [-0.2, 0) is 11.3 Å². The molecule has 9 heteroatoms. The van der Waals surface area contributed by atoms with Crippen molar-refractivity contribution in [2.45, 2.75) is 24.9 Å². The summed E-state index contributed by atoms with van der Waals surface area (Å²) in [4.78, 5) is 47.4. The zero-order chi connectivity index (χ0) is 23.0. The molecular formula is C24H23N5O4. The summed E-state index contributed by atoms with van der Waals surface area (Å²) in [5.74, 6) is -1.30. The Morgan fingerprint density at radius 1 is 1.00 bits per heavy atom. The van der Waals surface area contributed by atoms with Gasteiger partial charge in [0.2, 0.25) is 0 Å². The molecule has 1 aromatic heterocycles. The van der Waals surface area contributed by atoms with Crippen molar-refractivity contribution < 1.29 is 19.5 Å². The average molecular weight is 445 g/mol. The van der Waals surface area contributed by atoms with Gasteiger partial charge in [0, 0.05) is 19.6 Å². The number of urea groups is 1. The van der Waals surface area contributed by atoms with Crippen LogP contribution in [0.1, 0.15) is 29.0 Å². The second-order valence-corrected chi connectivity index (χ2v) is 8.37. The van der Waals surface area contributed by atoms with Gasteiger partial charge >= 0.3 is 12.0 Å². The molecule has 3 aromatic rings. The Balaban J connectivity index is 1.28. The molecular weight excluding hydrogens is 422 g/mol. The third-order valence-electron chi connectivity index (χ3n) is 6.41. The van der Waals surface area contributed by atoms with Gasteiger partial charge in [0.25, 0.3) is 5.91 Å². The summed E-state index contributed by atoms with van der Waals surface area (Å²) in [5.41, 5.74) is 2.21. The number of rotatable bonds is 5. The van der Waals surface area contributed by atoms with Gasteiger partial charge in [-0.2, -0.15) is 0 Å². The van der Waals surface area contributed by atoms with Gasteiger partial charge in [0.15, 0.2) is 0 Å². The molecule has 3 heterocycles. The second-order valence-electron chi connectivity index (χ2n) is 8.37. The van der Waals surface area contributed by atoms with Gasteiger partial charge in [-0.1, -0.05) is 42.5 Å². The fourth-order valence-electron chi connectivity index (χ4n) is 4.56. The van der Waals surface area contributed by atoms with E-state index in [0.29, 0.717) is 43.9 Å². The van der Waals surface area contributed by atoms with Crippen LogP contribution in [0.15, 0.2) is 60.9 Å². The number of aromatic amines is 1. The number of nitrogens with zero attached hydrogens (tertiary/aromatic N) is 3. The number of nitrogens with one attached hydrogen (secondary N) is 2. The molecule has 9 nitrogen and oxygen atoms in total. The predicted octanol–water partition coefficient (Wildman–Crippen LogP) is 2.87. The highest BCUT2D eigenvalue weighted by atomic mass is 16.4. The maximum absolute atomic E-state index is 13.3. The number of carbonyl (C=O) groups excluding carboxylic acids is 2. The van der Waals surface area contributed by atoms with E-state index in [1.54, 1.807) is 12.1 Å². The van der Waals surface area contributed by atoms with Crippen LogP contribution in [0.25, 0.3) is 11.1 Å². The number of imide groups is 1. The van der Waals surface area contributed by atoms with Crippen molar-refractivity contribution in [1.29, 1.82) is 0 Å². The van der Waals surface area contributed by atoms with Crippen LogP contribution in [-0.4, -0.2) is 56.5 Å². The molecule has 3 amide bonds. The fourth-order valence-corrected chi connectivity index (χ4v) is 4.56. The van der Waals surface area contributed by atoms with Crippen molar-refractivity contribution in [2.24, 2.45) is 0 Å². The second kappa shape index (κ2) is 8.18. The highest BCUT2D eigenvalue weighted by molar-refractivity contribution is 6.23. The SMILES string of the molecule is O=C(O)c1[nH]cnc1CN1CCC2(CC1)NC(=O)N(c1ccc(-c3ccccc3)cc1)C2=O. The molecule has 168 valence electrons. The lowest BCUT2D eigenvalue weighted by Gasteiger charge is -2.37. The van der Waals surface area contributed by atoms with Crippen LogP contribution in [0.3, 0.4) is 0 Å². The van der Waals surface area contributed by atoms with Gasteiger partial charge in [-0.05, 0) is 36.1 Å². The van der Waals surface area contributed by atoms with Crippen LogP contribution in [0, 0.1) is 0 Å². The Labute approximate surface area is 190 Å². The van der Waals surface area contributed by atoms with E-state index in [9.17, 15) is 19.5 Å². The standard InChI is InChI=1S/C24H23N5O4/c30-21(31)20-19(25-15-26-20)14-28-12-10-24(11-13-28)22(32)29(23(33)27-24)18-8-6-17(7-9-18)16-4-2-1-3-5-16/h1-9,15H,10-14H2,(H,25,26)(H,27,33)(H,30,31). The summed E-state index contributed by atoms with van der Waals surface area (Å²) in [6, 6.07) is 16.9. The Morgan fingerprint density at radius 3 is 2.33 bits per heavy atom. The number of benzene rings is 2. The average Bonchev–Trinajstić information content (AvgIpc) is 3.38. The quantitative estimate of drug-likeness (QED) is 0.520. The number of H-pyrrole nitrogens is 1. The molecule has 0 saturated carbocycles. The lowest BCUT2D eigenvalue weighted by atomic mass is 9.87. The number of imidazole rings is 1. The normalized spacial score (nSPS) is 18.0. The van der Waals surface area contributed by atoms with Crippen LogP contribution in [0.4, 0.5) is 10.5 Å². The van der Waals surface area contributed by atoms with Crippen molar-refractivity contribution >= 4 is 23.6 Å². The summed E-state index contributed by atoms with van der Waals surface area (Å²) in [7, 11) is 0. The minimum Gasteiger partial charge on any atom is -0.477 e. The van der Waals surface area contributed by atoms with Gasteiger partial charge in [-0.3, -0.25) is 9.69 Å². The lowest BCUT2D eigenvalue weighted by Crippen LogP contribution is -2.54. The third-order valence-corrected chi connectivity index (χ3v) is 6.41. The predicted molar refractivity (Wildman–Crippen MR) is 121 cm³/mol. The molecule has 2 aliphatic rings. The molecule has 3 N–H and O–H groups in total. The molecule has 2 fully saturated rings. The Hall–Kier alpha value is -3.98. The minimum absolute atomic E-state index is 0.0747. The van der Waals surface area contributed by atoms with E-state index in [1.165, 1.54) is 11.2 Å². The third kappa shape index (κ3) is 3.76. The molecule has 5 rings (SSSR count). The summed E-state index contributed by atoms with van der Waals surface area (Å²) in [6.45, 7) is 1.45. The maximum atomic E-state index is 13.3. The summed E-state index contributed by atoms with van der Waals surface area (Å²) >= 11 is 0. The molecule has 0 unspecified atom stereocenters. The summed E-state index contributed by atoms with van der Waals surface area (Å²) in [5, 5.41) is 12.2. The number of amides is 3. The summed E-state index contributed by atoms with van der Waals surface area (Å²) < 4.78 is 0. The molecule has 0 bridgehead atoms. The number of carboxylic acid groups (broad SMARTS) is 1. The lowest BCUT2D eigenvalue weighted by molar-refractivity contribution is -0.123. The Bertz CT molecular complexity index is 1200. The van der Waals surface area contributed by atoms with Crippen LogP contribution < -0.4 is 10.2 Å². The number of anilines is 1. The minimum atomic E-state index is -1.05. The molecule has 2 aromatic carbocycles. The van der Waals surface area contributed by atoms with E-state index in [2.05, 4.69) is 15.3 Å². The zero-order valence-electron chi connectivity index (χ0n) is 17.8. The maximum Gasteiger partial charge on any atom is 0.354 e. The molecule has 0 atom stereocenters. The molecule has 0 aliphatic carbocycles. The first-order chi connectivity index (χ1) is 16.0. The number of aromatic carboxylic acids is 1. The van der Waals surface area contributed by atoms with E-state index in [1.807, 2.05) is 47.4 Å². The van der Waals surface area contributed by atoms with Gasteiger partial charge < -0.3 is 15.4 Å². The van der Waals surface area contributed by atoms with Crippen molar-refractivity contribution in [3.63, 3.8) is 0 Å². The molecule has 0 radical (unpaired) electrons. The van der Waals surface area contributed by atoms with Gasteiger partial charge in [-0.25, -0.2) is 19.5 Å². The van der Waals surface area contributed by atoms with E-state index < -0.39 is 17.5 Å². The van der Waals surface area contributed by atoms with Crippen molar-refractivity contribution in [3.8, 4) is 11.1 Å². The monoisotopic (exact) mass is 445 g/mol. The fraction of sp³-hybridized carbons (Fsp3) is 0.250. The summed E-state index contributed by atoms with van der Waals surface area (Å²) in [6.07, 6.45) is 2.26. The first-order valence-corrected chi connectivity index (χ1v) is 10.8. The molecule has 2 saturated heterocycles. The van der Waals surface area contributed by atoms with E-state index in [-0.39, 0.29) is 11.6 Å². The number of aromatic nitrogens is 2. The number of likely N-dealkylation sites (tertiary alicyclic amines) is 1. The van der Waals surface area contributed by atoms with Crippen molar-refractivity contribution in [3.05, 3.63) is 72.3 Å². The van der Waals surface area contributed by atoms with Gasteiger partial charge in [0.05, 0.1) is 17.7 Å². The highest BCUT2D eigenvalue weighted by Gasteiger charge is 2.52. The van der Waals surface area contributed by atoms with E-state index >= 15 is 0 Å². The molecule has 2 aliphatic heterocycles. The molecule has 1 spiro atoms. The highest BCUT2D eigenvalue weighted by Crippen LogP contribution is 2.33. The van der Waals surface area contributed by atoms with Crippen LogP contribution in [0.2, 0.25) is 0 Å². The largest absolute Gasteiger partial charge is 0.477 e. The van der Waals surface area contributed by atoms with Crippen LogP contribution in [0.5, 0.6) is 0 Å². The van der Waals surface area contributed by atoms with Crippen molar-refractivity contribution in [2.75, 3.05) is 18.0 Å². The van der Waals surface area contributed by atoms with E-state index in [0.717, 1.165) is 11.1 Å². The van der Waals surface area contributed by atoms with Crippen LogP contribution >= 0.6 is 0 Å². The Morgan fingerprint density at radius 2 is 1.67 bits per heavy atom. The van der Waals surface area contributed by atoms with Gasteiger partial charge in [0.1, 0.15) is 11.2 Å². The first-order valence-electron chi connectivity index (χ1n) is 10.8. The number of hydrogen-bond acceptors (Lipinski definition) is 5. The topological polar surface area (TPSA) is 119 Å². The number of carboxylic acids is 1. The number of carbonyl (C=O) groups is 3.